The lowest BCUT2D eigenvalue weighted by atomic mass is 9.77. The summed E-state index contributed by atoms with van der Waals surface area (Å²) in [6, 6.07) is 3.98. The van der Waals surface area contributed by atoms with Gasteiger partial charge in [0.25, 0.3) is 5.91 Å². The molecule has 1 aromatic rings. The molecule has 1 amide bonds. The molecule has 1 aliphatic carbocycles. The van der Waals surface area contributed by atoms with E-state index in [1.54, 1.807) is 0 Å². The van der Waals surface area contributed by atoms with Crippen LogP contribution in [0.4, 0.5) is 5.69 Å². The summed E-state index contributed by atoms with van der Waals surface area (Å²) in [5.74, 6) is 1.18. The van der Waals surface area contributed by atoms with Crippen molar-refractivity contribution in [1.82, 2.24) is 5.32 Å². The van der Waals surface area contributed by atoms with E-state index >= 15 is 0 Å². The Balaban J connectivity index is 2.17. The molecule has 2 rings (SSSR count). The normalized spacial score (nSPS) is 22.3. The van der Waals surface area contributed by atoms with Crippen LogP contribution in [0.15, 0.2) is 16.6 Å². The van der Waals surface area contributed by atoms with E-state index in [0.717, 1.165) is 16.5 Å². The van der Waals surface area contributed by atoms with E-state index in [9.17, 15) is 4.79 Å². The predicted molar refractivity (Wildman–Crippen MR) is 91.3 cm³/mol. The van der Waals surface area contributed by atoms with Crippen molar-refractivity contribution in [2.24, 2.45) is 11.8 Å². The number of hydrogen-bond acceptors (Lipinski definition) is 2. The second kappa shape index (κ2) is 6.82. The monoisotopic (exact) mass is 352 g/mol. The van der Waals surface area contributed by atoms with Crippen LogP contribution in [-0.4, -0.2) is 11.9 Å². The Labute approximate surface area is 135 Å². The number of amides is 1. The first-order valence-electron chi connectivity index (χ1n) is 7.76. The summed E-state index contributed by atoms with van der Waals surface area (Å²) < 4.78 is 0.847. The molecule has 0 spiro atoms. The molecule has 116 valence electrons. The molecule has 3 nitrogen and oxygen atoms in total. The Morgan fingerprint density at radius 1 is 1.33 bits per heavy atom. The fourth-order valence-corrected chi connectivity index (χ4v) is 3.79. The van der Waals surface area contributed by atoms with E-state index in [1.165, 1.54) is 19.3 Å². The van der Waals surface area contributed by atoms with E-state index in [-0.39, 0.29) is 11.9 Å². The van der Waals surface area contributed by atoms with Gasteiger partial charge in [0.15, 0.2) is 0 Å². The molecule has 0 bridgehead atoms. The number of benzene rings is 1. The van der Waals surface area contributed by atoms with Crippen LogP contribution in [0.5, 0.6) is 0 Å². The summed E-state index contributed by atoms with van der Waals surface area (Å²) in [7, 11) is 0. The Morgan fingerprint density at radius 3 is 2.67 bits per heavy atom. The number of carbonyl (C=O) groups excluding carboxylic acids is 1. The summed E-state index contributed by atoms with van der Waals surface area (Å²) in [6.07, 6.45) is 4.77. The molecule has 0 aliphatic heterocycles. The highest BCUT2D eigenvalue weighted by Gasteiger charge is 2.29. The van der Waals surface area contributed by atoms with Crippen molar-refractivity contribution >= 4 is 27.5 Å². The van der Waals surface area contributed by atoms with Crippen molar-refractivity contribution < 1.29 is 4.79 Å². The molecule has 1 aliphatic rings. The number of nitrogen functional groups attached to an aromatic ring is 1. The highest BCUT2D eigenvalue weighted by Crippen LogP contribution is 2.31. The Bertz CT molecular complexity index is 528. The first kappa shape index (κ1) is 16.3. The maximum absolute atomic E-state index is 12.6. The maximum Gasteiger partial charge on any atom is 0.251 e. The molecule has 2 unspecified atom stereocenters. The molecule has 3 N–H and O–H groups in total. The first-order valence-corrected chi connectivity index (χ1v) is 8.56. The number of nitrogens with two attached hydrogens (primary N) is 1. The third-order valence-electron chi connectivity index (χ3n) is 4.65. The van der Waals surface area contributed by atoms with Crippen LogP contribution in [0.1, 0.15) is 55.5 Å². The van der Waals surface area contributed by atoms with E-state index in [1.807, 2.05) is 19.1 Å². The molecule has 2 atom stereocenters. The van der Waals surface area contributed by atoms with E-state index < -0.39 is 0 Å². The van der Waals surface area contributed by atoms with Gasteiger partial charge in [-0.3, -0.25) is 4.79 Å². The van der Waals surface area contributed by atoms with Gasteiger partial charge < -0.3 is 11.1 Å². The van der Waals surface area contributed by atoms with Gasteiger partial charge in [0, 0.05) is 21.8 Å². The van der Waals surface area contributed by atoms with Crippen molar-refractivity contribution in [3.05, 3.63) is 27.7 Å². The van der Waals surface area contributed by atoms with Gasteiger partial charge in [0.1, 0.15) is 0 Å². The van der Waals surface area contributed by atoms with Gasteiger partial charge in [-0.15, -0.1) is 0 Å². The van der Waals surface area contributed by atoms with E-state index in [2.05, 4.69) is 35.1 Å². The van der Waals surface area contributed by atoms with Gasteiger partial charge in [0.05, 0.1) is 0 Å². The molecule has 1 fully saturated rings. The molecule has 1 saturated carbocycles. The van der Waals surface area contributed by atoms with Gasteiger partial charge >= 0.3 is 0 Å². The summed E-state index contributed by atoms with van der Waals surface area (Å²) in [5.41, 5.74) is 8.14. The van der Waals surface area contributed by atoms with Gasteiger partial charge in [-0.2, -0.15) is 0 Å². The van der Waals surface area contributed by atoms with Crippen LogP contribution in [0.25, 0.3) is 0 Å². The van der Waals surface area contributed by atoms with Crippen LogP contribution >= 0.6 is 15.9 Å². The predicted octanol–water partition coefficient (Wildman–Crippen LogP) is 4.28. The van der Waals surface area contributed by atoms with Gasteiger partial charge in [-0.05, 0) is 49.3 Å². The lowest BCUT2D eigenvalue weighted by Crippen LogP contribution is -2.44. The molecular weight excluding hydrogens is 328 g/mol. The lowest BCUT2D eigenvalue weighted by molar-refractivity contribution is 0.0888. The molecule has 0 heterocycles. The zero-order chi connectivity index (χ0) is 15.6. The zero-order valence-corrected chi connectivity index (χ0v) is 14.7. The SMILES string of the molecule is Cc1c(N)cc(Br)cc1C(=O)NC1CCCCC1C(C)C. The Morgan fingerprint density at radius 2 is 2.00 bits per heavy atom. The molecule has 1 aromatic carbocycles. The number of anilines is 1. The highest BCUT2D eigenvalue weighted by molar-refractivity contribution is 9.10. The topological polar surface area (TPSA) is 55.1 Å². The molecule has 0 saturated heterocycles. The van der Waals surface area contributed by atoms with Crippen LogP contribution < -0.4 is 11.1 Å². The molecule has 21 heavy (non-hydrogen) atoms. The van der Waals surface area contributed by atoms with Crippen LogP contribution in [-0.2, 0) is 0 Å². The minimum atomic E-state index is -0.00181. The molecular formula is C17H25BrN2O. The minimum Gasteiger partial charge on any atom is -0.398 e. The first-order chi connectivity index (χ1) is 9.90. The third kappa shape index (κ3) is 3.79. The average Bonchev–Trinajstić information content (AvgIpc) is 2.43. The van der Waals surface area contributed by atoms with Crippen molar-refractivity contribution in [1.29, 1.82) is 0 Å². The average molecular weight is 353 g/mol. The fourth-order valence-electron chi connectivity index (χ4n) is 3.32. The van der Waals surface area contributed by atoms with Gasteiger partial charge in [-0.1, -0.05) is 42.6 Å². The maximum atomic E-state index is 12.6. The smallest absolute Gasteiger partial charge is 0.251 e. The quantitative estimate of drug-likeness (QED) is 0.797. The van der Waals surface area contributed by atoms with Crippen molar-refractivity contribution in [3.63, 3.8) is 0 Å². The number of hydrogen-bond donors (Lipinski definition) is 2. The third-order valence-corrected chi connectivity index (χ3v) is 5.11. The number of rotatable bonds is 3. The standard InChI is InChI=1S/C17H25BrN2O/c1-10(2)13-6-4-5-7-16(13)20-17(21)14-8-12(18)9-15(19)11(14)3/h8-10,13,16H,4-7,19H2,1-3H3,(H,20,21). The van der Waals surface area contributed by atoms with Gasteiger partial charge in [-0.25, -0.2) is 0 Å². The summed E-state index contributed by atoms with van der Waals surface area (Å²) in [6.45, 7) is 6.40. The Kier molecular flexibility index (Phi) is 5.31. The Hall–Kier alpha value is -1.03. The minimum absolute atomic E-state index is 0.00181. The van der Waals surface area contributed by atoms with Crippen LogP contribution in [0.3, 0.4) is 0 Å². The molecule has 0 radical (unpaired) electrons. The zero-order valence-electron chi connectivity index (χ0n) is 13.1. The van der Waals surface area contributed by atoms with Crippen molar-refractivity contribution in [3.8, 4) is 0 Å². The second-order valence-electron chi connectivity index (χ2n) is 6.44. The summed E-state index contributed by atoms with van der Waals surface area (Å²) in [4.78, 5) is 12.6. The van der Waals surface area contributed by atoms with Crippen LogP contribution in [0, 0.1) is 18.8 Å². The van der Waals surface area contributed by atoms with Crippen LogP contribution in [0.2, 0.25) is 0 Å². The van der Waals surface area contributed by atoms with Crippen molar-refractivity contribution in [2.75, 3.05) is 5.73 Å². The van der Waals surface area contributed by atoms with E-state index in [4.69, 9.17) is 5.73 Å². The lowest BCUT2D eigenvalue weighted by Gasteiger charge is -2.35. The highest BCUT2D eigenvalue weighted by atomic mass is 79.9. The summed E-state index contributed by atoms with van der Waals surface area (Å²) in [5, 5.41) is 3.25. The summed E-state index contributed by atoms with van der Waals surface area (Å²) >= 11 is 3.42. The van der Waals surface area contributed by atoms with Crippen molar-refractivity contribution in [2.45, 2.75) is 52.5 Å². The molecule has 4 heteroatoms. The fraction of sp³-hybridized carbons (Fsp3) is 0.588. The van der Waals surface area contributed by atoms with Gasteiger partial charge in [0.2, 0.25) is 0 Å². The van der Waals surface area contributed by atoms with E-state index in [0.29, 0.717) is 23.1 Å². The number of nitrogens with one attached hydrogen (secondary N) is 1. The molecule has 0 aromatic heterocycles. The largest absolute Gasteiger partial charge is 0.398 e. The second-order valence-corrected chi connectivity index (χ2v) is 7.36. The number of carbonyl (C=O) groups is 1. The number of halogens is 1.